The van der Waals surface area contributed by atoms with Crippen LogP contribution in [0.4, 0.5) is 0 Å². The lowest BCUT2D eigenvalue weighted by Crippen LogP contribution is -2.27. The molecule has 0 amide bonds. The molecule has 1 rings (SSSR count). The van der Waals surface area contributed by atoms with Crippen molar-refractivity contribution in [3.05, 3.63) is 47.0 Å². The highest BCUT2D eigenvalue weighted by molar-refractivity contribution is 5.38. The number of aryl methyl sites for hydroxylation is 3. The van der Waals surface area contributed by atoms with Crippen LogP contribution in [0.3, 0.4) is 0 Å². The first-order valence-electron chi connectivity index (χ1n) is 6.26. The van der Waals surface area contributed by atoms with Gasteiger partial charge in [0.05, 0.1) is 5.60 Å². The third-order valence-electron chi connectivity index (χ3n) is 3.29. The molecule has 0 aromatic heterocycles. The van der Waals surface area contributed by atoms with Crippen molar-refractivity contribution in [2.24, 2.45) is 0 Å². The molecule has 0 aliphatic heterocycles. The molecule has 0 heterocycles. The maximum absolute atomic E-state index is 10.4. The van der Waals surface area contributed by atoms with E-state index in [0.29, 0.717) is 0 Å². The van der Waals surface area contributed by atoms with Crippen molar-refractivity contribution in [1.29, 1.82) is 0 Å². The standard InChI is InChI=1S/C16H24O/c1-6-7-8-16(5,17)11-15-13(3)9-12(2)10-14(15)4/h6,9-10,17H,1,7-8,11H2,2-5H3. The van der Waals surface area contributed by atoms with E-state index in [0.717, 1.165) is 19.3 Å². The predicted molar refractivity (Wildman–Crippen MR) is 74.4 cm³/mol. The van der Waals surface area contributed by atoms with E-state index < -0.39 is 5.60 Å². The molecule has 1 atom stereocenters. The first kappa shape index (κ1) is 14.0. The maximum Gasteiger partial charge on any atom is 0.0663 e. The highest BCUT2D eigenvalue weighted by atomic mass is 16.3. The summed E-state index contributed by atoms with van der Waals surface area (Å²) in [6, 6.07) is 4.37. The second-order valence-corrected chi connectivity index (χ2v) is 5.38. The smallest absolute Gasteiger partial charge is 0.0663 e. The summed E-state index contributed by atoms with van der Waals surface area (Å²) in [6.07, 6.45) is 4.21. The van der Waals surface area contributed by atoms with Gasteiger partial charge in [0.25, 0.3) is 0 Å². The summed E-state index contributed by atoms with van der Waals surface area (Å²) in [4.78, 5) is 0. The van der Waals surface area contributed by atoms with E-state index in [2.05, 4.69) is 39.5 Å². The Kier molecular flexibility index (Phi) is 4.53. The lowest BCUT2D eigenvalue weighted by atomic mass is 9.87. The normalized spacial score (nSPS) is 14.4. The summed E-state index contributed by atoms with van der Waals surface area (Å²) in [6.45, 7) is 12.0. The quantitative estimate of drug-likeness (QED) is 0.764. The molecule has 0 saturated carbocycles. The predicted octanol–water partition coefficient (Wildman–Crippen LogP) is 3.87. The van der Waals surface area contributed by atoms with E-state index in [1.54, 1.807) is 0 Å². The lowest BCUT2D eigenvalue weighted by molar-refractivity contribution is 0.0520. The molecule has 0 radical (unpaired) electrons. The topological polar surface area (TPSA) is 20.2 Å². The summed E-state index contributed by atoms with van der Waals surface area (Å²) in [5.41, 5.74) is 4.49. The van der Waals surface area contributed by atoms with Gasteiger partial charge in [-0.3, -0.25) is 0 Å². The number of allylic oxidation sites excluding steroid dienone is 1. The molecule has 1 heteroatoms. The van der Waals surface area contributed by atoms with E-state index in [1.165, 1.54) is 22.3 Å². The number of rotatable bonds is 5. The molecule has 0 saturated heterocycles. The van der Waals surface area contributed by atoms with Gasteiger partial charge in [-0.1, -0.05) is 23.8 Å². The van der Waals surface area contributed by atoms with E-state index in [4.69, 9.17) is 0 Å². The fourth-order valence-electron chi connectivity index (χ4n) is 2.37. The highest BCUT2D eigenvalue weighted by Crippen LogP contribution is 2.24. The maximum atomic E-state index is 10.4. The summed E-state index contributed by atoms with van der Waals surface area (Å²) >= 11 is 0. The van der Waals surface area contributed by atoms with Crippen LogP contribution in [0.15, 0.2) is 24.8 Å². The average Bonchev–Trinajstić information content (AvgIpc) is 2.21. The zero-order chi connectivity index (χ0) is 13.1. The molecule has 1 aromatic rings. The molecule has 0 bridgehead atoms. The molecular formula is C16H24O. The Balaban J connectivity index is 2.91. The second kappa shape index (κ2) is 5.50. The number of aliphatic hydroxyl groups is 1. The van der Waals surface area contributed by atoms with Gasteiger partial charge in [0, 0.05) is 6.42 Å². The van der Waals surface area contributed by atoms with E-state index >= 15 is 0 Å². The number of benzene rings is 1. The Hall–Kier alpha value is -1.08. The van der Waals surface area contributed by atoms with Gasteiger partial charge < -0.3 is 5.11 Å². The van der Waals surface area contributed by atoms with Gasteiger partial charge in [0.2, 0.25) is 0 Å². The lowest BCUT2D eigenvalue weighted by Gasteiger charge is -2.25. The molecule has 0 spiro atoms. The Morgan fingerprint density at radius 1 is 1.24 bits per heavy atom. The summed E-state index contributed by atoms with van der Waals surface area (Å²) in [5, 5.41) is 10.4. The molecule has 1 unspecified atom stereocenters. The zero-order valence-electron chi connectivity index (χ0n) is 11.5. The molecular weight excluding hydrogens is 208 g/mol. The Bertz CT molecular complexity index is 379. The molecule has 1 nitrogen and oxygen atoms in total. The van der Waals surface area contributed by atoms with Crippen LogP contribution in [0.1, 0.15) is 42.0 Å². The van der Waals surface area contributed by atoms with Gasteiger partial charge >= 0.3 is 0 Å². The minimum atomic E-state index is -0.640. The highest BCUT2D eigenvalue weighted by Gasteiger charge is 2.21. The largest absolute Gasteiger partial charge is 0.390 e. The van der Waals surface area contributed by atoms with Crippen LogP contribution in [0.5, 0.6) is 0 Å². The van der Waals surface area contributed by atoms with Crippen LogP contribution in [0, 0.1) is 20.8 Å². The Labute approximate surface area is 105 Å². The van der Waals surface area contributed by atoms with Crippen molar-refractivity contribution < 1.29 is 5.11 Å². The fourth-order valence-corrected chi connectivity index (χ4v) is 2.37. The molecule has 1 N–H and O–H groups in total. The van der Waals surface area contributed by atoms with Crippen LogP contribution in [-0.4, -0.2) is 10.7 Å². The van der Waals surface area contributed by atoms with Crippen molar-refractivity contribution in [2.45, 2.75) is 52.6 Å². The Morgan fingerprint density at radius 2 is 1.76 bits per heavy atom. The van der Waals surface area contributed by atoms with Gasteiger partial charge in [-0.05, 0) is 57.2 Å². The van der Waals surface area contributed by atoms with Gasteiger partial charge in [-0.15, -0.1) is 6.58 Å². The molecule has 0 aliphatic rings. The van der Waals surface area contributed by atoms with Crippen LogP contribution in [0.2, 0.25) is 0 Å². The molecule has 0 aliphatic carbocycles. The number of hydrogen-bond donors (Lipinski definition) is 1. The van der Waals surface area contributed by atoms with E-state index in [9.17, 15) is 5.11 Å². The molecule has 17 heavy (non-hydrogen) atoms. The minimum absolute atomic E-state index is 0.640. The van der Waals surface area contributed by atoms with E-state index in [-0.39, 0.29) is 0 Å². The van der Waals surface area contributed by atoms with Gasteiger partial charge in [0.1, 0.15) is 0 Å². The molecule has 1 aromatic carbocycles. The van der Waals surface area contributed by atoms with Gasteiger partial charge in [-0.25, -0.2) is 0 Å². The average molecular weight is 232 g/mol. The number of hydrogen-bond acceptors (Lipinski definition) is 1. The third kappa shape index (κ3) is 4.01. The van der Waals surface area contributed by atoms with E-state index in [1.807, 2.05) is 13.0 Å². The van der Waals surface area contributed by atoms with Crippen molar-refractivity contribution in [3.8, 4) is 0 Å². The van der Waals surface area contributed by atoms with Crippen LogP contribution in [0.25, 0.3) is 0 Å². The summed E-state index contributed by atoms with van der Waals surface area (Å²) in [5.74, 6) is 0. The van der Waals surface area contributed by atoms with Crippen molar-refractivity contribution >= 4 is 0 Å². The molecule has 94 valence electrons. The van der Waals surface area contributed by atoms with Gasteiger partial charge in [0.15, 0.2) is 0 Å². The Morgan fingerprint density at radius 3 is 2.24 bits per heavy atom. The monoisotopic (exact) mass is 232 g/mol. The summed E-state index contributed by atoms with van der Waals surface area (Å²) in [7, 11) is 0. The zero-order valence-corrected chi connectivity index (χ0v) is 11.5. The second-order valence-electron chi connectivity index (χ2n) is 5.38. The van der Waals surface area contributed by atoms with Crippen LogP contribution in [-0.2, 0) is 6.42 Å². The van der Waals surface area contributed by atoms with Crippen LogP contribution < -0.4 is 0 Å². The first-order chi connectivity index (χ1) is 7.85. The molecule has 0 fully saturated rings. The van der Waals surface area contributed by atoms with Crippen LogP contribution >= 0.6 is 0 Å². The summed E-state index contributed by atoms with van der Waals surface area (Å²) < 4.78 is 0. The SMILES string of the molecule is C=CCCC(C)(O)Cc1c(C)cc(C)cc1C. The first-order valence-corrected chi connectivity index (χ1v) is 6.26. The van der Waals surface area contributed by atoms with Crippen molar-refractivity contribution in [2.75, 3.05) is 0 Å². The third-order valence-corrected chi connectivity index (χ3v) is 3.29. The van der Waals surface area contributed by atoms with Crippen molar-refractivity contribution in [1.82, 2.24) is 0 Å². The fraction of sp³-hybridized carbons (Fsp3) is 0.500. The van der Waals surface area contributed by atoms with Gasteiger partial charge in [-0.2, -0.15) is 0 Å². The minimum Gasteiger partial charge on any atom is -0.390 e. The van der Waals surface area contributed by atoms with Crippen molar-refractivity contribution in [3.63, 3.8) is 0 Å².